The van der Waals surface area contributed by atoms with Crippen LogP contribution in [0.2, 0.25) is 0 Å². The summed E-state index contributed by atoms with van der Waals surface area (Å²) in [6.45, 7) is 1.89. The van der Waals surface area contributed by atoms with E-state index in [1.54, 1.807) is 60.8 Å². The Kier molecular flexibility index (Phi) is 3.35. The van der Waals surface area contributed by atoms with Crippen LogP contribution in [0.3, 0.4) is 0 Å². The van der Waals surface area contributed by atoms with Crippen LogP contribution in [0.5, 0.6) is 5.75 Å². The van der Waals surface area contributed by atoms with E-state index in [-0.39, 0.29) is 10.6 Å². The molecule has 4 nitrogen and oxygen atoms in total. The van der Waals surface area contributed by atoms with Crippen molar-refractivity contribution in [3.63, 3.8) is 0 Å². The second-order valence-electron chi connectivity index (χ2n) is 4.63. The summed E-state index contributed by atoms with van der Waals surface area (Å²) in [4.78, 5) is 4.37. The highest BCUT2D eigenvalue weighted by Crippen LogP contribution is 2.26. The zero-order valence-electron chi connectivity index (χ0n) is 11.4. The molecule has 5 heteroatoms. The lowest BCUT2D eigenvalue weighted by Crippen LogP contribution is -2.10. The molecule has 0 aliphatic heterocycles. The third-order valence-electron chi connectivity index (χ3n) is 3.15. The standard InChI is InChI=1S/C16H13NO3S/c1-12-9-10-15(14-8-5-11-17-16(12)14)21(18,19)20-13-6-3-2-4-7-13/h2-11H,1H3. The second-order valence-corrected chi connectivity index (χ2v) is 6.15. The van der Waals surface area contributed by atoms with Gasteiger partial charge in [-0.15, -0.1) is 0 Å². The van der Waals surface area contributed by atoms with E-state index in [9.17, 15) is 8.42 Å². The minimum Gasteiger partial charge on any atom is -0.379 e. The molecule has 21 heavy (non-hydrogen) atoms. The molecule has 0 atom stereocenters. The molecule has 3 rings (SSSR count). The number of pyridine rings is 1. The van der Waals surface area contributed by atoms with Crippen molar-refractivity contribution in [1.29, 1.82) is 0 Å². The third-order valence-corrected chi connectivity index (χ3v) is 4.46. The van der Waals surface area contributed by atoms with Crippen molar-refractivity contribution in [3.8, 4) is 5.75 Å². The minimum absolute atomic E-state index is 0.125. The molecule has 2 aromatic carbocycles. The van der Waals surface area contributed by atoms with Crippen molar-refractivity contribution in [2.75, 3.05) is 0 Å². The quantitative estimate of drug-likeness (QED) is 0.696. The smallest absolute Gasteiger partial charge is 0.339 e. The van der Waals surface area contributed by atoms with E-state index in [1.165, 1.54) is 0 Å². The summed E-state index contributed by atoms with van der Waals surface area (Å²) in [5.41, 5.74) is 1.58. The van der Waals surface area contributed by atoms with E-state index in [0.717, 1.165) is 5.56 Å². The number of nitrogens with zero attached hydrogens (tertiary/aromatic N) is 1. The molecule has 0 bridgehead atoms. The van der Waals surface area contributed by atoms with Crippen LogP contribution in [0.25, 0.3) is 10.9 Å². The number of para-hydroxylation sites is 1. The van der Waals surface area contributed by atoms with Gasteiger partial charge < -0.3 is 4.18 Å². The van der Waals surface area contributed by atoms with Crippen LogP contribution in [-0.2, 0) is 10.1 Å². The topological polar surface area (TPSA) is 56.3 Å². The average molecular weight is 299 g/mol. The maximum atomic E-state index is 12.5. The Hall–Kier alpha value is -2.40. The van der Waals surface area contributed by atoms with Crippen LogP contribution in [-0.4, -0.2) is 13.4 Å². The van der Waals surface area contributed by atoms with E-state index in [2.05, 4.69) is 4.98 Å². The first-order valence-corrected chi connectivity index (χ1v) is 7.83. The molecule has 0 aliphatic carbocycles. The predicted octanol–water partition coefficient (Wildman–Crippen LogP) is 3.31. The molecule has 0 saturated heterocycles. The van der Waals surface area contributed by atoms with Gasteiger partial charge >= 0.3 is 10.1 Å². The zero-order chi connectivity index (χ0) is 14.9. The van der Waals surface area contributed by atoms with Crippen molar-refractivity contribution >= 4 is 21.0 Å². The van der Waals surface area contributed by atoms with E-state index in [0.29, 0.717) is 10.9 Å². The molecule has 0 saturated carbocycles. The Morgan fingerprint density at radius 3 is 2.48 bits per heavy atom. The second kappa shape index (κ2) is 5.18. The van der Waals surface area contributed by atoms with Crippen LogP contribution >= 0.6 is 0 Å². The molecule has 0 amide bonds. The van der Waals surface area contributed by atoms with Crippen molar-refractivity contribution in [2.24, 2.45) is 0 Å². The average Bonchev–Trinajstić information content (AvgIpc) is 2.48. The first kappa shape index (κ1) is 13.6. The summed E-state index contributed by atoms with van der Waals surface area (Å²) in [5.74, 6) is 0.287. The summed E-state index contributed by atoms with van der Waals surface area (Å²) < 4.78 is 30.1. The molecule has 106 valence electrons. The lowest BCUT2D eigenvalue weighted by atomic mass is 10.1. The fourth-order valence-electron chi connectivity index (χ4n) is 2.15. The highest BCUT2D eigenvalue weighted by molar-refractivity contribution is 7.87. The highest BCUT2D eigenvalue weighted by atomic mass is 32.2. The molecule has 0 radical (unpaired) electrons. The molecule has 1 heterocycles. The number of benzene rings is 2. The largest absolute Gasteiger partial charge is 0.379 e. The fraction of sp³-hybridized carbons (Fsp3) is 0.0625. The maximum absolute atomic E-state index is 12.5. The molecular formula is C16H13NO3S. The van der Waals surface area contributed by atoms with Gasteiger partial charge in [0.25, 0.3) is 0 Å². The van der Waals surface area contributed by atoms with Gasteiger partial charge in [-0.3, -0.25) is 4.98 Å². The van der Waals surface area contributed by atoms with Crippen LogP contribution in [0.1, 0.15) is 5.56 Å². The number of fused-ring (bicyclic) bond motifs is 1. The van der Waals surface area contributed by atoms with Gasteiger partial charge in [-0.1, -0.05) is 24.3 Å². The number of aromatic nitrogens is 1. The molecule has 0 unspecified atom stereocenters. The number of aryl methyl sites for hydroxylation is 1. The Labute approximate surface area is 123 Å². The lowest BCUT2D eigenvalue weighted by molar-refractivity contribution is 0.487. The van der Waals surface area contributed by atoms with Crippen LogP contribution in [0.15, 0.2) is 65.7 Å². The first-order valence-electron chi connectivity index (χ1n) is 6.42. The fourth-order valence-corrected chi connectivity index (χ4v) is 3.28. The maximum Gasteiger partial charge on any atom is 0.339 e. The monoisotopic (exact) mass is 299 g/mol. The summed E-state index contributed by atoms with van der Waals surface area (Å²) in [7, 11) is -3.90. The van der Waals surface area contributed by atoms with Crippen molar-refractivity contribution in [1.82, 2.24) is 4.98 Å². The van der Waals surface area contributed by atoms with Gasteiger partial charge in [0, 0.05) is 11.6 Å². The molecule has 0 fully saturated rings. The first-order chi connectivity index (χ1) is 10.1. The van der Waals surface area contributed by atoms with Gasteiger partial charge in [0.2, 0.25) is 0 Å². The van der Waals surface area contributed by atoms with E-state index in [4.69, 9.17) is 4.18 Å². The molecule has 3 aromatic rings. The Balaban J connectivity index is 2.14. The van der Waals surface area contributed by atoms with Gasteiger partial charge in [-0.25, -0.2) is 0 Å². The van der Waals surface area contributed by atoms with Crippen LogP contribution in [0, 0.1) is 6.92 Å². The van der Waals surface area contributed by atoms with E-state index < -0.39 is 10.1 Å². The Morgan fingerprint density at radius 2 is 1.71 bits per heavy atom. The molecule has 0 spiro atoms. The summed E-state index contributed by atoms with van der Waals surface area (Å²) >= 11 is 0. The third kappa shape index (κ3) is 2.60. The van der Waals surface area contributed by atoms with Crippen molar-refractivity contribution in [3.05, 3.63) is 66.4 Å². The summed E-state index contributed by atoms with van der Waals surface area (Å²) in [6, 6.07) is 15.2. The Bertz CT molecular complexity index is 890. The minimum atomic E-state index is -3.90. The van der Waals surface area contributed by atoms with Gasteiger partial charge in [-0.05, 0) is 42.8 Å². The molecule has 0 N–H and O–H groups in total. The number of hydrogen-bond acceptors (Lipinski definition) is 4. The number of hydrogen-bond donors (Lipinski definition) is 0. The van der Waals surface area contributed by atoms with Gasteiger partial charge in [0.1, 0.15) is 10.6 Å². The normalized spacial score (nSPS) is 11.5. The lowest BCUT2D eigenvalue weighted by Gasteiger charge is -2.10. The van der Waals surface area contributed by atoms with Crippen molar-refractivity contribution in [2.45, 2.75) is 11.8 Å². The highest BCUT2D eigenvalue weighted by Gasteiger charge is 2.20. The molecule has 1 aromatic heterocycles. The summed E-state index contributed by atoms with van der Waals surface area (Å²) in [6.07, 6.45) is 1.64. The predicted molar refractivity (Wildman–Crippen MR) is 80.7 cm³/mol. The van der Waals surface area contributed by atoms with E-state index in [1.807, 2.05) is 6.92 Å². The van der Waals surface area contributed by atoms with Gasteiger partial charge in [0.15, 0.2) is 0 Å². The van der Waals surface area contributed by atoms with Crippen LogP contribution in [0.4, 0.5) is 0 Å². The zero-order valence-corrected chi connectivity index (χ0v) is 12.2. The van der Waals surface area contributed by atoms with Gasteiger partial charge in [-0.2, -0.15) is 8.42 Å². The summed E-state index contributed by atoms with van der Waals surface area (Å²) in [5, 5.41) is 0.563. The molecular weight excluding hydrogens is 286 g/mol. The van der Waals surface area contributed by atoms with Crippen LogP contribution < -0.4 is 4.18 Å². The Morgan fingerprint density at radius 1 is 0.952 bits per heavy atom. The van der Waals surface area contributed by atoms with Gasteiger partial charge in [0.05, 0.1) is 5.52 Å². The molecule has 0 aliphatic rings. The van der Waals surface area contributed by atoms with Crippen molar-refractivity contribution < 1.29 is 12.6 Å². The SMILES string of the molecule is Cc1ccc(S(=O)(=O)Oc2ccccc2)c2cccnc12. The number of rotatable bonds is 3. The van der Waals surface area contributed by atoms with E-state index >= 15 is 0 Å².